The zero-order chi connectivity index (χ0) is 18.9. The molecule has 1 aromatic rings. The van der Waals surface area contributed by atoms with Crippen molar-refractivity contribution in [3.8, 4) is 0 Å². The molecular weight excluding hydrogens is 316 g/mol. The molecule has 0 aromatic heterocycles. The molecule has 0 saturated carbocycles. The largest absolute Gasteiger partial charge is 0.465 e. The van der Waals surface area contributed by atoms with Crippen molar-refractivity contribution in [1.29, 1.82) is 0 Å². The van der Waals surface area contributed by atoms with Crippen LogP contribution >= 0.6 is 0 Å². The van der Waals surface area contributed by atoms with Gasteiger partial charge in [-0.05, 0) is 30.4 Å². The van der Waals surface area contributed by atoms with E-state index in [2.05, 4.69) is 27.7 Å². The molecule has 0 fully saturated rings. The summed E-state index contributed by atoms with van der Waals surface area (Å²) in [6.45, 7) is 10.8. The Labute approximate surface area is 151 Å². The third kappa shape index (κ3) is 6.89. The maximum absolute atomic E-state index is 12.3. The van der Waals surface area contributed by atoms with Gasteiger partial charge < -0.3 is 9.47 Å². The summed E-state index contributed by atoms with van der Waals surface area (Å²) in [5.74, 6) is 0.199. The molecule has 0 spiro atoms. The van der Waals surface area contributed by atoms with E-state index in [0.29, 0.717) is 17.9 Å². The van der Waals surface area contributed by atoms with Gasteiger partial charge in [-0.1, -0.05) is 59.2 Å². The molecule has 140 valence electrons. The topological polar surface area (TPSA) is 52.6 Å². The number of carbonyl (C=O) groups excluding carboxylic acids is 2. The molecule has 1 unspecified atom stereocenters. The summed E-state index contributed by atoms with van der Waals surface area (Å²) in [6.07, 6.45) is 2.19. The van der Waals surface area contributed by atoms with E-state index in [0.717, 1.165) is 12.8 Å². The average molecular weight is 348 g/mol. The number of hydrogen-bond acceptors (Lipinski definition) is 4. The predicted octanol–water partition coefficient (Wildman–Crippen LogP) is 4.88. The normalized spacial score (nSPS) is 13.6. The van der Waals surface area contributed by atoms with Crippen LogP contribution in [0.4, 0.5) is 0 Å². The molecule has 4 nitrogen and oxygen atoms in total. The summed E-state index contributed by atoms with van der Waals surface area (Å²) >= 11 is 0. The lowest BCUT2D eigenvalue weighted by molar-refractivity contribution is -0.150. The molecular formula is C21H32O4. The Morgan fingerprint density at radius 1 is 1.00 bits per heavy atom. The van der Waals surface area contributed by atoms with Gasteiger partial charge >= 0.3 is 11.9 Å². The van der Waals surface area contributed by atoms with E-state index >= 15 is 0 Å². The van der Waals surface area contributed by atoms with Crippen molar-refractivity contribution in [3.05, 3.63) is 35.9 Å². The van der Waals surface area contributed by atoms with Crippen LogP contribution in [0.1, 0.15) is 64.2 Å². The minimum Gasteiger partial charge on any atom is -0.465 e. The van der Waals surface area contributed by atoms with E-state index in [1.165, 1.54) is 0 Å². The van der Waals surface area contributed by atoms with Gasteiger partial charge in [0.05, 0.1) is 5.56 Å². The van der Waals surface area contributed by atoms with Gasteiger partial charge in [-0.2, -0.15) is 0 Å². The molecule has 0 aliphatic carbocycles. The first-order valence-electron chi connectivity index (χ1n) is 9.18. The molecule has 0 heterocycles. The number of ether oxygens (including phenoxy) is 2. The van der Waals surface area contributed by atoms with Crippen LogP contribution in [-0.4, -0.2) is 25.2 Å². The molecule has 0 amide bonds. The fourth-order valence-electron chi connectivity index (χ4n) is 2.58. The molecule has 0 bridgehead atoms. The third-order valence-electron chi connectivity index (χ3n) is 4.75. The molecule has 0 aliphatic heterocycles. The van der Waals surface area contributed by atoms with Crippen LogP contribution in [-0.2, 0) is 14.3 Å². The SMILES string of the molecule is CCC(=O)OCC(CCC(C)C)(COC(=O)c1ccccc1)C(C)C. The molecule has 4 heteroatoms. The van der Waals surface area contributed by atoms with Gasteiger partial charge in [-0.25, -0.2) is 4.79 Å². The number of hydrogen-bond donors (Lipinski definition) is 0. The van der Waals surface area contributed by atoms with Crippen molar-refractivity contribution in [2.24, 2.45) is 17.3 Å². The van der Waals surface area contributed by atoms with Gasteiger partial charge in [0, 0.05) is 11.8 Å². The number of rotatable bonds is 10. The van der Waals surface area contributed by atoms with Crippen molar-refractivity contribution in [2.45, 2.75) is 53.9 Å². The molecule has 1 rings (SSSR count). The second-order valence-electron chi connectivity index (χ2n) is 7.41. The zero-order valence-corrected chi connectivity index (χ0v) is 16.2. The second-order valence-corrected chi connectivity index (χ2v) is 7.41. The second kappa shape index (κ2) is 10.2. The first-order chi connectivity index (χ1) is 11.8. The Kier molecular flexibility index (Phi) is 8.67. The number of benzene rings is 1. The van der Waals surface area contributed by atoms with E-state index < -0.39 is 0 Å². The summed E-state index contributed by atoms with van der Waals surface area (Å²) < 4.78 is 11.1. The minimum atomic E-state index is -0.362. The summed E-state index contributed by atoms with van der Waals surface area (Å²) in [7, 11) is 0. The van der Waals surface area contributed by atoms with Gasteiger partial charge in [0.2, 0.25) is 0 Å². The van der Waals surface area contributed by atoms with E-state index in [1.807, 2.05) is 18.2 Å². The molecule has 1 aromatic carbocycles. The van der Waals surface area contributed by atoms with Gasteiger partial charge in [0.15, 0.2) is 0 Å². The van der Waals surface area contributed by atoms with Crippen molar-refractivity contribution >= 4 is 11.9 Å². The highest BCUT2D eigenvalue weighted by molar-refractivity contribution is 5.89. The molecule has 0 aliphatic rings. The minimum absolute atomic E-state index is 0.219. The van der Waals surface area contributed by atoms with E-state index in [1.54, 1.807) is 19.1 Å². The smallest absolute Gasteiger partial charge is 0.338 e. The van der Waals surface area contributed by atoms with Crippen molar-refractivity contribution in [1.82, 2.24) is 0 Å². The van der Waals surface area contributed by atoms with Crippen LogP contribution < -0.4 is 0 Å². The Morgan fingerprint density at radius 2 is 1.60 bits per heavy atom. The first kappa shape index (κ1) is 21.2. The summed E-state index contributed by atoms with van der Waals surface area (Å²) in [5.41, 5.74) is 0.175. The summed E-state index contributed by atoms with van der Waals surface area (Å²) in [5, 5.41) is 0. The highest BCUT2D eigenvalue weighted by atomic mass is 16.5. The van der Waals surface area contributed by atoms with Crippen molar-refractivity contribution in [2.75, 3.05) is 13.2 Å². The van der Waals surface area contributed by atoms with Crippen LogP contribution in [0.3, 0.4) is 0 Å². The van der Waals surface area contributed by atoms with Gasteiger partial charge in [-0.3, -0.25) is 4.79 Å². The monoisotopic (exact) mass is 348 g/mol. The van der Waals surface area contributed by atoms with Crippen LogP contribution in [0, 0.1) is 17.3 Å². The number of esters is 2. The average Bonchev–Trinajstić information content (AvgIpc) is 2.61. The third-order valence-corrected chi connectivity index (χ3v) is 4.75. The lowest BCUT2D eigenvalue weighted by Crippen LogP contribution is -2.39. The van der Waals surface area contributed by atoms with Crippen LogP contribution in [0.2, 0.25) is 0 Å². The lowest BCUT2D eigenvalue weighted by atomic mass is 9.73. The maximum Gasteiger partial charge on any atom is 0.338 e. The number of carbonyl (C=O) groups is 2. The fraction of sp³-hybridized carbons (Fsp3) is 0.619. The van der Waals surface area contributed by atoms with E-state index in [-0.39, 0.29) is 36.5 Å². The maximum atomic E-state index is 12.3. The van der Waals surface area contributed by atoms with Gasteiger partial charge in [0.1, 0.15) is 13.2 Å². The van der Waals surface area contributed by atoms with Crippen molar-refractivity contribution in [3.63, 3.8) is 0 Å². The highest BCUT2D eigenvalue weighted by Crippen LogP contribution is 2.35. The van der Waals surface area contributed by atoms with Crippen LogP contribution in [0.5, 0.6) is 0 Å². The quantitative estimate of drug-likeness (QED) is 0.566. The Hall–Kier alpha value is -1.84. The molecule has 1 atom stereocenters. The fourth-order valence-corrected chi connectivity index (χ4v) is 2.58. The van der Waals surface area contributed by atoms with Gasteiger partial charge in [0.25, 0.3) is 0 Å². The lowest BCUT2D eigenvalue weighted by Gasteiger charge is -2.37. The predicted molar refractivity (Wildman–Crippen MR) is 99.3 cm³/mol. The summed E-state index contributed by atoms with van der Waals surface area (Å²) in [4.78, 5) is 24.0. The zero-order valence-electron chi connectivity index (χ0n) is 16.2. The molecule has 25 heavy (non-hydrogen) atoms. The van der Waals surface area contributed by atoms with Crippen LogP contribution in [0.15, 0.2) is 30.3 Å². The first-order valence-corrected chi connectivity index (χ1v) is 9.18. The van der Waals surface area contributed by atoms with E-state index in [9.17, 15) is 9.59 Å². The molecule has 0 saturated heterocycles. The summed E-state index contributed by atoms with van der Waals surface area (Å²) in [6, 6.07) is 8.97. The Bertz CT molecular complexity index is 536. The van der Waals surface area contributed by atoms with Crippen LogP contribution in [0.25, 0.3) is 0 Å². The molecule has 0 N–H and O–H groups in total. The standard InChI is InChI=1S/C21H32O4/c1-6-19(22)24-14-21(17(4)5,13-12-16(2)3)15-25-20(23)18-10-8-7-9-11-18/h7-11,16-17H,6,12-15H2,1-5H3. The highest BCUT2D eigenvalue weighted by Gasteiger charge is 2.37. The Morgan fingerprint density at radius 3 is 2.12 bits per heavy atom. The Balaban J connectivity index is 2.86. The van der Waals surface area contributed by atoms with Crippen molar-refractivity contribution < 1.29 is 19.1 Å². The van der Waals surface area contributed by atoms with Gasteiger partial charge in [-0.15, -0.1) is 0 Å². The molecule has 0 radical (unpaired) electrons. The van der Waals surface area contributed by atoms with E-state index in [4.69, 9.17) is 9.47 Å².